The summed E-state index contributed by atoms with van der Waals surface area (Å²) in [5.41, 5.74) is 0.956. The number of hydrogen-bond acceptors (Lipinski definition) is 5. The topological polar surface area (TPSA) is 79.2 Å². The number of phenolic OH excluding ortho intramolecular Hbond substituents is 1. The number of amides is 1. The van der Waals surface area contributed by atoms with Crippen molar-refractivity contribution in [1.29, 1.82) is 0 Å². The Labute approximate surface area is 168 Å². The van der Waals surface area contributed by atoms with Crippen LogP contribution in [0.1, 0.15) is 39.3 Å². The lowest BCUT2D eigenvalue weighted by Gasteiger charge is -2.33. The van der Waals surface area contributed by atoms with E-state index in [9.17, 15) is 23.1 Å². The lowest BCUT2D eigenvalue weighted by molar-refractivity contribution is -0.173. The number of aromatic nitrogens is 2. The normalized spacial score (nSPS) is 18.8. The highest BCUT2D eigenvalue weighted by Crippen LogP contribution is 2.45. The summed E-state index contributed by atoms with van der Waals surface area (Å²) >= 11 is 1.35. The summed E-state index contributed by atoms with van der Waals surface area (Å²) in [6.45, 7) is 1.79. The summed E-state index contributed by atoms with van der Waals surface area (Å²) in [5.74, 6) is -0.795. The van der Waals surface area contributed by atoms with Crippen molar-refractivity contribution in [1.82, 2.24) is 9.78 Å². The number of thiophene rings is 1. The maximum atomic E-state index is 13.7. The van der Waals surface area contributed by atoms with Gasteiger partial charge in [0.2, 0.25) is 0 Å². The summed E-state index contributed by atoms with van der Waals surface area (Å²) in [4.78, 5) is 13.5. The molecule has 0 radical (unpaired) electrons. The average molecular weight is 422 g/mol. The number of halogens is 3. The van der Waals surface area contributed by atoms with Gasteiger partial charge in [0.1, 0.15) is 17.1 Å². The van der Waals surface area contributed by atoms with Gasteiger partial charge in [0, 0.05) is 11.3 Å². The number of phenols is 1. The number of aromatic hydroxyl groups is 1. The van der Waals surface area contributed by atoms with Crippen molar-refractivity contribution in [3.05, 3.63) is 57.9 Å². The molecule has 0 bridgehead atoms. The zero-order chi connectivity index (χ0) is 20.8. The van der Waals surface area contributed by atoms with Crippen LogP contribution in [0.5, 0.6) is 5.75 Å². The largest absolute Gasteiger partial charge is 0.506 e. The van der Waals surface area contributed by atoms with Crippen molar-refractivity contribution >= 4 is 28.7 Å². The first-order valence-electron chi connectivity index (χ1n) is 8.79. The molecule has 2 aromatic heterocycles. The Hall–Kier alpha value is -3.01. The molecule has 29 heavy (non-hydrogen) atoms. The van der Waals surface area contributed by atoms with E-state index in [0.29, 0.717) is 0 Å². The minimum absolute atomic E-state index is 0.00150. The number of fused-ring (bicyclic) bond motifs is 1. The molecule has 4 rings (SSSR count). The van der Waals surface area contributed by atoms with E-state index in [-0.39, 0.29) is 29.2 Å². The molecule has 0 spiro atoms. The highest BCUT2D eigenvalue weighted by atomic mass is 32.1. The Bertz CT molecular complexity index is 1050. The summed E-state index contributed by atoms with van der Waals surface area (Å²) in [6, 6.07) is 5.77. The Morgan fingerprint density at radius 3 is 2.86 bits per heavy atom. The fourth-order valence-electron chi connectivity index (χ4n) is 3.34. The number of benzene rings is 1. The first kappa shape index (κ1) is 19.3. The predicted molar refractivity (Wildman–Crippen MR) is 103 cm³/mol. The molecule has 1 aliphatic rings. The Balaban J connectivity index is 1.70. The fraction of sp³-hybridized carbons (Fsp3) is 0.263. The molecule has 3 aromatic rings. The third-order valence-corrected chi connectivity index (χ3v) is 5.76. The standard InChI is InChI=1S/C19H17F3N4O2S/c1-10-4-5-14(27)12(7-10)25-18(28)11-9-23-26-16(19(20,21)22)8-13(24-17(11)26)15-3-2-6-29-15/h2-7,9,13,16,24,27H,8H2,1H3,(H,25,28)/t13-,16-/m1/s1. The summed E-state index contributed by atoms with van der Waals surface area (Å²) in [6.07, 6.45) is -3.63. The van der Waals surface area contributed by atoms with Crippen LogP contribution in [0.2, 0.25) is 0 Å². The average Bonchev–Trinajstić information content (AvgIpc) is 3.32. The number of hydrogen-bond donors (Lipinski definition) is 3. The van der Waals surface area contributed by atoms with Crippen LogP contribution in [-0.2, 0) is 0 Å². The van der Waals surface area contributed by atoms with Crippen LogP contribution in [0.3, 0.4) is 0 Å². The summed E-state index contributed by atoms with van der Waals surface area (Å²) < 4.78 is 41.8. The van der Waals surface area contributed by atoms with E-state index in [1.807, 2.05) is 0 Å². The van der Waals surface area contributed by atoms with E-state index in [1.165, 1.54) is 17.4 Å². The van der Waals surface area contributed by atoms with Crippen molar-refractivity contribution in [3.63, 3.8) is 0 Å². The Kier molecular flexibility index (Phi) is 4.73. The smallest absolute Gasteiger partial charge is 0.410 e. The Morgan fingerprint density at radius 1 is 1.38 bits per heavy atom. The fourth-order valence-corrected chi connectivity index (χ4v) is 4.14. The van der Waals surface area contributed by atoms with Crippen LogP contribution in [0.25, 0.3) is 0 Å². The molecule has 0 fully saturated rings. The van der Waals surface area contributed by atoms with Crippen molar-refractivity contribution in [2.75, 3.05) is 10.6 Å². The second kappa shape index (κ2) is 7.11. The molecule has 10 heteroatoms. The number of rotatable bonds is 3. The van der Waals surface area contributed by atoms with E-state index in [0.717, 1.165) is 21.3 Å². The lowest BCUT2D eigenvalue weighted by Crippen LogP contribution is -2.36. The molecule has 2 atom stereocenters. The molecule has 3 N–H and O–H groups in total. The third-order valence-electron chi connectivity index (χ3n) is 4.77. The van der Waals surface area contributed by atoms with Crippen molar-refractivity contribution in [3.8, 4) is 5.75 Å². The number of nitrogens with one attached hydrogen (secondary N) is 2. The van der Waals surface area contributed by atoms with E-state index in [2.05, 4.69) is 15.7 Å². The van der Waals surface area contributed by atoms with Crippen LogP contribution in [0.4, 0.5) is 24.7 Å². The highest BCUT2D eigenvalue weighted by molar-refractivity contribution is 7.10. The number of anilines is 2. The molecule has 0 aliphatic carbocycles. The predicted octanol–water partition coefficient (Wildman–Crippen LogP) is 4.87. The van der Waals surface area contributed by atoms with Gasteiger partial charge in [0.15, 0.2) is 6.04 Å². The van der Waals surface area contributed by atoms with Crippen LogP contribution < -0.4 is 10.6 Å². The molecule has 0 saturated carbocycles. The SMILES string of the molecule is Cc1ccc(O)c(NC(=O)c2cnn3c2N[C@@H](c2cccs2)C[C@@H]3C(F)(F)F)c1. The van der Waals surface area contributed by atoms with Gasteiger partial charge in [-0.25, -0.2) is 4.68 Å². The summed E-state index contributed by atoms with van der Waals surface area (Å²) in [7, 11) is 0. The van der Waals surface area contributed by atoms with Gasteiger partial charge in [-0.15, -0.1) is 11.3 Å². The van der Waals surface area contributed by atoms with Crippen molar-refractivity contribution < 1.29 is 23.1 Å². The maximum Gasteiger partial charge on any atom is 0.410 e. The minimum Gasteiger partial charge on any atom is -0.506 e. The second-order valence-electron chi connectivity index (χ2n) is 6.83. The molecule has 1 aliphatic heterocycles. The van der Waals surface area contributed by atoms with Gasteiger partial charge < -0.3 is 15.7 Å². The molecule has 6 nitrogen and oxygen atoms in total. The maximum absolute atomic E-state index is 13.7. The van der Waals surface area contributed by atoms with Crippen LogP contribution in [0, 0.1) is 6.92 Å². The van der Waals surface area contributed by atoms with Crippen molar-refractivity contribution in [2.24, 2.45) is 0 Å². The third kappa shape index (κ3) is 3.67. The number of carbonyl (C=O) groups is 1. The lowest BCUT2D eigenvalue weighted by atomic mass is 10.0. The molecule has 1 amide bonds. The molecule has 1 aromatic carbocycles. The van der Waals surface area contributed by atoms with Gasteiger partial charge in [0.05, 0.1) is 17.9 Å². The van der Waals surface area contributed by atoms with E-state index < -0.39 is 24.2 Å². The van der Waals surface area contributed by atoms with E-state index >= 15 is 0 Å². The second-order valence-corrected chi connectivity index (χ2v) is 7.81. The summed E-state index contributed by atoms with van der Waals surface area (Å²) in [5, 5.41) is 21.1. The molecule has 152 valence electrons. The zero-order valence-corrected chi connectivity index (χ0v) is 16.0. The van der Waals surface area contributed by atoms with Crippen LogP contribution >= 0.6 is 11.3 Å². The van der Waals surface area contributed by atoms with E-state index in [1.54, 1.807) is 36.6 Å². The zero-order valence-electron chi connectivity index (χ0n) is 15.2. The quantitative estimate of drug-likeness (QED) is 0.526. The highest BCUT2D eigenvalue weighted by Gasteiger charge is 2.47. The van der Waals surface area contributed by atoms with Crippen LogP contribution in [0.15, 0.2) is 41.9 Å². The minimum atomic E-state index is -4.51. The first-order chi connectivity index (χ1) is 13.7. The number of aryl methyl sites for hydroxylation is 1. The molecular weight excluding hydrogens is 405 g/mol. The van der Waals surface area contributed by atoms with Gasteiger partial charge in [-0.1, -0.05) is 12.1 Å². The number of nitrogens with zero attached hydrogens (tertiary/aromatic N) is 2. The van der Waals surface area contributed by atoms with Crippen LogP contribution in [-0.4, -0.2) is 27.0 Å². The Morgan fingerprint density at radius 2 is 2.17 bits per heavy atom. The van der Waals surface area contributed by atoms with Gasteiger partial charge in [0.25, 0.3) is 5.91 Å². The van der Waals surface area contributed by atoms with Gasteiger partial charge in [-0.05, 0) is 36.1 Å². The van der Waals surface area contributed by atoms with Crippen molar-refractivity contribution in [2.45, 2.75) is 31.6 Å². The van der Waals surface area contributed by atoms with Gasteiger partial charge in [-0.2, -0.15) is 18.3 Å². The van der Waals surface area contributed by atoms with Gasteiger partial charge >= 0.3 is 6.18 Å². The monoisotopic (exact) mass is 422 g/mol. The van der Waals surface area contributed by atoms with Gasteiger partial charge in [-0.3, -0.25) is 4.79 Å². The molecule has 3 heterocycles. The molecule has 0 saturated heterocycles. The molecule has 0 unspecified atom stereocenters. The van der Waals surface area contributed by atoms with E-state index in [4.69, 9.17) is 0 Å². The number of alkyl halides is 3. The first-order valence-corrected chi connectivity index (χ1v) is 9.67. The number of carbonyl (C=O) groups excluding carboxylic acids is 1. The molecular formula is C19H17F3N4O2S.